The number of hydrogen-bond acceptors (Lipinski definition) is 5. The molecule has 1 aliphatic rings. The van der Waals surface area contributed by atoms with E-state index in [2.05, 4.69) is 5.10 Å². The molecule has 1 N–H and O–H groups in total. The summed E-state index contributed by atoms with van der Waals surface area (Å²) in [5.74, 6) is -2.56. The molecule has 1 aliphatic heterocycles. The maximum absolute atomic E-state index is 12.4. The number of carbonyl (C=O) groups is 2. The van der Waals surface area contributed by atoms with Gasteiger partial charge in [0.05, 0.1) is 23.3 Å². The average Bonchev–Trinajstić information content (AvgIpc) is 3.22. The van der Waals surface area contributed by atoms with Crippen molar-refractivity contribution in [3.8, 4) is 0 Å². The average molecular weight is 344 g/mol. The van der Waals surface area contributed by atoms with Gasteiger partial charge in [-0.05, 0) is 10.5 Å². The highest BCUT2D eigenvalue weighted by atomic mass is 16.6. The number of aliphatic carboxylic acids is 1. The highest BCUT2D eigenvalue weighted by Gasteiger charge is 2.40. The number of amides is 1. The number of nitrogens with zero attached hydrogens (tertiary/aromatic N) is 4. The van der Waals surface area contributed by atoms with Gasteiger partial charge in [-0.3, -0.25) is 9.59 Å². The molecule has 9 nitrogen and oxygen atoms in total. The van der Waals surface area contributed by atoms with Crippen LogP contribution in [0.1, 0.15) is 11.5 Å². The Morgan fingerprint density at radius 1 is 1.24 bits per heavy atom. The van der Waals surface area contributed by atoms with E-state index in [0.29, 0.717) is 6.54 Å². The van der Waals surface area contributed by atoms with Crippen molar-refractivity contribution in [2.75, 3.05) is 13.1 Å². The van der Waals surface area contributed by atoms with Crippen molar-refractivity contribution in [2.45, 2.75) is 12.5 Å². The van der Waals surface area contributed by atoms with Crippen LogP contribution in [0.3, 0.4) is 0 Å². The lowest BCUT2D eigenvalue weighted by molar-refractivity contribution is -0.389. The Kier molecular flexibility index (Phi) is 4.46. The Morgan fingerprint density at radius 3 is 2.56 bits per heavy atom. The van der Waals surface area contributed by atoms with Gasteiger partial charge in [-0.1, -0.05) is 30.3 Å². The second kappa shape index (κ2) is 6.71. The molecule has 0 bridgehead atoms. The summed E-state index contributed by atoms with van der Waals surface area (Å²) in [4.78, 5) is 35.5. The molecule has 2 aromatic rings. The lowest BCUT2D eigenvalue weighted by Crippen LogP contribution is -2.33. The SMILES string of the molecule is O=C(O)C1CN(C(=O)Cn2ccc([N+](=O)[O-])n2)CC1c1ccccc1. The number of aromatic nitrogens is 2. The zero-order valence-corrected chi connectivity index (χ0v) is 13.2. The van der Waals surface area contributed by atoms with Gasteiger partial charge in [-0.15, -0.1) is 0 Å². The number of likely N-dealkylation sites (tertiary alicyclic amines) is 1. The van der Waals surface area contributed by atoms with Crippen LogP contribution < -0.4 is 0 Å². The minimum Gasteiger partial charge on any atom is -0.481 e. The normalized spacial score (nSPS) is 19.8. The van der Waals surface area contributed by atoms with Crippen LogP contribution in [0.4, 0.5) is 5.82 Å². The van der Waals surface area contributed by atoms with Crippen LogP contribution in [0.25, 0.3) is 0 Å². The Labute approximate surface area is 142 Å². The molecule has 1 aromatic carbocycles. The first kappa shape index (κ1) is 16.6. The highest BCUT2D eigenvalue weighted by molar-refractivity contribution is 5.79. The predicted molar refractivity (Wildman–Crippen MR) is 85.8 cm³/mol. The number of carboxylic acid groups (broad SMARTS) is 1. The van der Waals surface area contributed by atoms with Crippen LogP contribution in [0.5, 0.6) is 0 Å². The molecule has 0 radical (unpaired) electrons. The van der Waals surface area contributed by atoms with E-state index in [4.69, 9.17) is 0 Å². The molecule has 2 heterocycles. The fraction of sp³-hybridized carbons (Fsp3) is 0.312. The lowest BCUT2D eigenvalue weighted by atomic mass is 9.89. The molecule has 1 aromatic heterocycles. The van der Waals surface area contributed by atoms with Crippen molar-refractivity contribution in [2.24, 2.45) is 5.92 Å². The molecule has 0 spiro atoms. The summed E-state index contributed by atoms with van der Waals surface area (Å²) in [6, 6.07) is 10.4. The summed E-state index contributed by atoms with van der Waals surface area (Å²) in [7, 11) is 0. The third kappa shape index (κ3) is 3.49. The first-order valence-corrected chi connectivity index (χ1v) is 7.69. The van der Waals surface area contributed by atoms with Crippen LogP contribution in [0.2, 0.25) is 0 Å². The van der Waals surface area contributed by atoms with Crippen LogP contribution in [0.15, 0.2) is 42.6 Å². The zero-order chi connectivity index (χ0) is 18.0. The standard InChI is InChI=1S/C16H16N4O5/c21-15(10-19-7-6-14(17-19)20(24)25)18-8-12(13(9-18)16(22)23)11-4-2-1-3-5-11/h1-7,12-13H,8-10H2,(H,22,23). The van der Waals surface area contributed by atoms with Crippen molar-refractivity contribution < 1.29 is 19.6 Å². The van der Waals surface area contributed by atoms with E-state index < -0.39 is 16.8 Å². The Bertz CT molecular complexity index is 804. The second-order valence-electron chi connectivity index (χ2n) is 5.89. The molecule has 130 valence electrons. The third-order valence-corrected chi connectivity index (χ3v) is 4.33. The summed E-state index contributed by atoms with van der Waals surface area (Å²) in [6.07, 6.45) is 1.36. The third-order valence-electron chi connectivity index (χ3n) is 4.33. The van der Waals surface area contributed by atoms with Gasteiger partial charge in [-0.25, -0.2) is 0 Å². The summed E-state index contributed by atoms with van der Waals surface area (Å²) in [5, 5.41) is 23.8. The van der Waals surface area contributed by atoms with Crippen LogP contribution in [-0.4, -0.2) is 49.7 Å². The molecular formula is C16H16N4O5. The van der Waals surface area contributed by atoms with E-state index in [0.717, 1.165) is 5.56 Å². The molecule has 2 unspecified atom stereocenters. The number of carbonyl (C=O) groups excluding carboxylic acids is 1. The number of benzene rings is 1. The fourth-order valence-electron chi connectivity index (χ4n) is 3.07. The number of hydrogen-bond donors (Lipinski definition) is 1. The van der Waals surface area contributed by atoms with Crippen molar-refractivity contribution in [3.05, 3.63) is 58.3 Å². The zero-order valence-electron chi connectivity index (χ0n) is 13.2. The predicted octanol–water partition coefficient (Wildman–Crippen LogP) is 1.12. The summed E-state index contributed by atoms with van der Waals surface area (Å²) >= 11 is 0. The van der Waals surface area contributed by atoms with Crippen molar-refractivity contribution in [1.29, 1.82) is 0 Å². The van der Waals surface area contributed by atoms with E-state index in [9.17, 15) is 24.8 Å². The topological polar surface area (TPSA) is 119 Å². The van der Waals surface area contributed by atoms with Gasteiger partial charge < -0.3 is 20.1 Å². The van der Waals surface area contributed by atoms with E-state index >= 15 is 0 Å². The van der Waals surface area contributed by atoms with Crippen LogP contribution in [-0.2, 0) is 16.1 Å². The first-order chi connectivity index (χ1) is 12.0. The van der Waals surface area contributed by atoms with Gasteiger partial charge in [0.2, 0.25) is 5.91 Å². The van der Waals surface area contributed by atoms with Gasteiger partial charge >= 0.3 is 11.8 Å². The minimum atomic E-state index is -0.945. The summed E-state index contributed by atoms with van der Waals surface area (Å²) in [6.45, 7) is 0.238. The van der Waals surface area contributed by atoms with E-state index in [-0.39, 0.29) is 30.7 Å². The van der Waals surface area contributed by atoms with Crippen LogP contribution >= 0.6 is 0 Å². The number of nitro groups is 1. The quantitative estimate of drug-likeness (QED) is 0.641. The summed E-state index contributed by atoms with van der Waals surface area (Å²) in [5.41, 5.74) is 0.875. The lowest BCUT2D eigenvalue weighted by Gasteiger charge is -2.15. The molecule has 3 rings (SSSR count). The highest BCUT2D eigenvalue weighted by Crippen LogP contribution is 2.33. The number of rotatable bonds is 5. The van der Waals surface area contributed by atoms with Crippen molar-refractivity contribution in [3.63, 3.8) is 0 Å². The monoisotopic (exact) mass is 344 g/mol. The van der Waals surface area contributed by atoms with Crippen LogP contribution in [0, 0.1) is 16.0 Å². The van der Waals surface area contributed by atoms with Crippen molar-refractivity contribution >= 4 is 17.7 Å². The van der Waals surface area contributed by atoms with E-state index in [1.54, 1.807) is 0 Å². The first-order valence-electron chi connectivity index (χ1n) is 7.69. The van der Waals surface area contributed by atoms with Gasteiger partial charge in [-0.2, -0.15) is 4.68 Å². The molecule has 0 saturated carbocycles. The molecule has 1 fully saturated rings. The van der Waals surface area contributed by atoms with Gasteiger partial charge in [0.1, 0.15) is 6.54 Å². The maximum atomic E-state index is 12.4. The molecule has 1 saturated heterocycles. The van der Waals surface area contributed by atoms with Gasteiger partial charge in [0.15, 0.2) is 0 Å². The van der Waals surface area contributed by atoms with Gasteiger partial charge in [0, 0.05) is 19.0 Å². The molecule has 2 atom stereocenters. The second-order valence-corrected chi connectivity index (χ2v) is 5.89. The Morgan fingerprint density at radius 2 is 1.96 bits per heavy atom. The van der Waals surface area contributed by atoms with Gasteiger partial charge in [0.25, 0.3) is 0 Å². The molecule has 0 aliphatic carbocycles. The minimum absolute atomic E-state index is 0.108. The largest absolute Gasteiger partial charge is 0.481 e. The Balaban J connectivity index is 1.73. The molecule has 25 heavy (non-hydrogen) atoms. The maximum Gasteiger partial charge on any atom is 0.389 e. The molecule has 1 amide bonds. The Hall–Kier alpha value is -3.23. The summed E-state index contributed by atoms with van der Waals surface area (Å²) < 4.78 is 1.19. The smallest absolute Gasteiger partial charge is 0.389 e. The van der Waals surface area contributed by atoms with Crippen molar-refractivity contribution in [1.82, 2.24) is 14.7 Å². The fourth-order valence-corrected chi connectivity index (χ4v) is 3.07. The molecule has 9 heteroatoms. The van der Waals surface area contributed by atoms with E-state index in [1.165, 1.54) is 21.8 Å². The molecular weight excluding hydrogens is 328 g/mol. The van der Waals surface area contributed by atoms with E-state index in [1.807, 2.05) is 30.3 Å². The number of carboxylic acids is 1.